The number of ether oxygens (including phenoxy) is 1. The number of nitrogens with one attached hydrogen (secondary N) is 1. The first-order valence-corrected chi connectivity index (χ1v) is 11.3. The van der Waals surface area contributed by atoms with Crippen LogP contribution in [0.2, 0.25) is 0 Å². The standard InChI is InChI=1S/C24H18Br2FN3O2/c25-19-8-10-20(11-9-19)32-15-16-4-3-6-17(12-16)24(31)28-23-21(26)14-30(29-23)13-18-5-1-2-7-22(18)27/h1-12,14H,13,15H2,(H,28,29,31). The summed E-state index contributed by atoms with van der Waals surface area (Å²) in [6.45, 7) is 0.591. The number of nitrogens with zero attached hydrogens (tertiary/aromatic N) is 2. The van der Waals surface area contributed by atoms with Gasteiger partial charge in [-0.1, -0.05) is 46.3 Å². The number of anilines is 1. The van der Waals surface area contributed by atoms with Crippen molar-refractivity contribution < 1.29 is 13.9 Å². The molecule has 1 aromatic heterocycles. The molecule has 32 heavy (non-hydrogen) atoms. The van der Waals surface area contributed by atoms with Crippen LogP contribution in [-0.4, -0.2) is 15.7 Å². The molecule has 1 heterocycles. The fraction of sp³-hybridized carbons (Fsp3) is 0.0833. The topological polar surface area (TPSA) is 56.2 Å². The third-order valence-corrected chi connectivity index (χ3v) is 5.76. The van der Waals surface area contributed by atoms with E-state index in [1.165, 1.54) is 6.07 Å². The minimum Gasteiger partial charge on any atom is -0.489 e. The molecule has 0 atom stereocenters. The summed E-state index contributed by atoms with van der Waals surface area (Å²) < 4.78 is 22.8. The van der Waals surface area contributed by atoms with Gasteiger partial charge in [-0.15, -0.1) is 0 Å². The largest absolute Gasteiger partial charge is 0.489 e. The fourth-order valence-electron chi connectivity index (χ4n) is 3.04. The summed E-state index contributed by atoms with van der Waals surface area (Å²) >= 11 is 6.80. The highest BCUT2D eigenvalue weighted by atomic mass is 79.9. The lowest BCUT2D eigenvalue weighted by molar-refractivity contribution is 0.102. The molecule has 0 saturated carbocycles. The number of rotatable bonds is 7. The molecule has 4 aromatic rings. The van der Waals surface area contributed by atoms with E-state index in [2.05, 4.69) is 42.3 Å². The normalized spacial score (nSPS) is 10.7. The zero-order valence-electron chi connectivity index (χ0n) is 16.8. The van der Waals surface area contributed by atoms with Crippen LogP contribution in [0.25, 0.3) is 0 Å². The highest BCUT2D eigenvalue weighted by molar-refractivity contribution is 9.10. The minimum atomic E-state index is -0.299. The second-order valence-electron chi connectivity index (χ2n) is 7.01. The monoisotopic (exact) mass is 557 g/mol. The Morgan fingerprint density at radius 1 is 1.03 bits per heavy atom. The van der Waals surface area contributed by atoms with Crippen LogP contribution in [0.3, 0.4) is 0 Å². The molecule has 1 N–H and O–H groups in total. The number of carbonyl (C=O) groups excluding carboxylic acids is 1. The second-order valence-corrected chi connectivity index (χ2v) is 8.78. The number of aromatic nitrogens is 2. The zero-order chi connectivity index (χ0) is 22.5. The van der Waals surface area contributed by atoms with Crippen molar-refractivity contribution in [1.82, 2.24) is 9.78 Å². The molecule has 5 nitrogen and oxygen atoms in total. The predicted octanol–water partition coefficient (Wildman–Crippen LogP) is 6.43. The molecule has 0 unspecified atom stereocenters. The van der Waals surface area contributed by atoms with Gasteiger partial charge < -0.3 is 10.1 Å². The molecule has 0 bridgehead atoms. The average Bonchev–Trinajstić information content (AvgIpc) is 3.13. The van der Waals surface area contributed by atoms with E-state index in [0.717, 1.165) is 15.8 Å². The molecule has 0 aliphatic rings. The van der Waals surface area contributed by atoms with Crippen LogP contribution in [0, 0.1) is 5.82 Å². The third-order valence-electron chi connectivity index (χ3n) is 4.65. The first-order chi connectivity index (χ1) is 15.5. The Labute approximate surface area is 201 Å². The smallest absolute Gasteiger partial charge is 0.256 e. The highest BCUT2D eigenvalue weighted by Gasteiger charge is 2.13. The van der Waals surface area contributed by atoms with Gasteiger partial charge in [-0.25, -0.2) is 4.39 Å². The quantitative estimate of drug-likeness (QED) is 0.284. The lowest BCUT2D eigenvalue weighted by atomic mass is 10.1. The number of halogens is 3. The van der Waals surface area contributed by atoms with Gasteiger partial charge in [0, 0.05) is 21.8 Å². The number of benzene rings is 3. The Hall–Kier alpha value is -2.97. The summed E-state index contributed by atoms with van der Waals surface area (Å²) in [7, 11) is 0. The maximum absolute atomic E-state index is 13.9. The van der Waals surface area contributed by atoms with Crippen molar-refractivity contribution in [2.75, 3.05) is 5.32 Å². The number of hydrogen-bond donors (Lipinski definition) is 1. The summed E-state index contributed by atoms with van der Waals surface area (Å²) in [6.07, 6.45) is 1.70. The van der Waals surface area contributed by atoms with Gasteiger partial charge in [0.1, 0.15) is 18.2 Å². The van der Waals surface area contributed by atoms with Crippen LogP contribution in [0.15, 0.2) is 87.9 Å². The maximum Gasteiger partial charge on any atom is 0.256 e. The number of hydrogen-bond acceptors (Lipinski definition) is 3. The lowest BCUT2D eigenvalue weighted by Gasteiger charge is -2.08. The fourth-order valence-corrected chi connectivity index (χ4v) is 3.72. The van der Waals surface area contributed by atoms with Crippen LogP contribution in [0.1, 0.15) is 21.5 Å². The summed E-state index contributed by atoms with van der Waals surface area (Å²) in [5.74, 6) is 0.509. The summed E-state index contributed by atoms with van der Waals surface area (Å²) in [6, 6.07) is 21.3. The average molecular weight is 559 g/mol. The maximum atomic E-state index is 13.9. The Bertz CT molecular complexity index is 1240. The Balaban J connectivity index is 1.41. The van der Waals surface area contributed by atoms with Crippen molar-refractivity contribution in [1.29, 1.82) is 0 Å². The van der Waals surface area contributed by atoms with E-state index in [4.69, 9.17) is 4.74 Å². The van der Waals surface area contributed by atoms with Gasteiger partial charge in [-0.3, -0.25) is 9.48 Å². The van der Waals surface area contributed by atoms with E-state index in [9.17, 15) is 9.18 Å². The summed E-state index contributed by atoms with van der Waals surface area (Å²) in [5, 5.41) is 7.16. The molecule has 0 fully saturated rings. The van der Waals surface area contributed by atoms with Crippen LogP contribution in [-0.2, 0) is 13.2 Å². The zero-order valence-corrected chi connectivity index (χ0v) is 19.9. The molecule has 0 aliphatic heterocycles. The molecule has 4 rings (SSSR count). The van der Waals surface area contributed by atoms with Gasteiger partial charge in [0.2, 0.25) is 0 Å². The third kappa shape index (κ3) is 5.63. The van der Waals surface area contributed by atoms with Gasteiger partial charge in [-0.2, -0.15) is 5.10 Å². The van der Waals surface area contributed by atoms with E-state index < -0.39 is 0 Å². The Kier molecular flexibility index (Phi) is 7.02. The van der Waals surface area contributed by atoms with Crippen LogP contribution in [0.4, 0.5) is 10.2 Å². The molecule has 3 aromatic carbocycles. The van der Waals surface area contributed by atoms with Crippen LogP contribution in [0.5, 0.6) is 5.75 Å². The number of amides is 1. The molecule has 0 radical (unpaired) electrons. The predicted molar refractivity (Wildman–Crippen MR) is 128 cm³/mol. The van der Waals surface area contributed by atoms with Crippen LogP contribution < -0.4 is 10.1 Å². The summed E-state index contributed by atoms with van der Waals surface area (Å²) in [5.41, 5.74) is 1.86. The summed E-state index contributed by atoms with van der Waals surface area (Å²) in [4.78, 5) is 12.8. The van der Waals surface area contributed by atoms with Crippen molar-refractivity contribution in [3.8, 4) is 5.75 Å². The van der Waals surface area contributed by atoms with Crippen molar-refractivity contribution >= 4 is 43.6 Å². The Morgan fingerprint density at radius 2 is 1.81 bits per heavy atom. The molecule has 0 aliphatic carbocycles. The highest BCUT2D eigenvalue weighted by Crippen LogP contribution is 2.22. The van der Waals surface area contributed by atoms with Gasteiger partial charge >= 0.3 is 0 Å². The minimum absolute atomic E-state index is 0.254. The van der Waals surface area contributed by atoms with E-state index in [0.29, 0.717) is 28.0 Å². The van der Waals surface area contributed by atoms with Crippen molar-refractivity contribution in [3.63, 3.8) is 0 Å². The Morgan fingerprint density at radius 3 is 2.59 bits per heavy atom. The van der Waals surface area contributed by atoms with Crippen molar-refractivity contribution in [2.24, 2.45) is 0 Å². The molecule has 0 spiro atoms. The van der Waals surface area contributed by atoms with E-state index >= 15 is 0 Å². The van der Waals surface area contributed by atoms with Crippen LogP contribution >= 0.6 is 31.9 Å². The molecule has 162 valence electrons. The molecule has 0 saturated heterocycles. The first-order valence-electron chi connectivity index (χ1n) is 9.73. The SMILES string of the molecule is O=C(Nc1nn(Cc2ccccc2F)cc1Br)c1cccc(COc2ccc(Br)cc2)c1. The van der Waals surface area contributed by atoms with Gasteiger partial charge in [0.25, 0.3) is 5.91 Å². The van der Waals surface area contributed by atoms with E-state index in [-0.39, 0.29) is 18.3 Å². The molecular weight excluding hydrogens is 541 g/mol. The van der Waals surface area contributed by atoms with Crippen molar-refractivity contribution in [3.05, 3.63) is 110 Å². The molecule has 8 heteroatoms. The van der Waals surface area contributed by atoms with Gasteiger partial charge in [0.05, 0.1) is 11.0 Å². The molecular formula is C24H18Br2FN3O2. The van der Waals surface area contributed by atoms with Gasteiger partial charge in [0.15, 0.2) is 5.82 Å². The lowest BCUT2D eigenvalue weighted by Crippen LogP contribution is -2.13. The second kappa shape index (κ2) is 10.1. The van der Waals surface area contributed by atoms with E-state index in [1.54, 1.807) is 47.3 Å². The molecule has 1 amide bonds. The van der Waals surface area contributed by atoms with Gasteiger partial charge in [-0.05, 0) is 64.0 Å². The van der Waals surface area contributed by atoms with E-state index in [1.807, 2.05) is 30.3 Å². The number of carbonyl (C=O) groups is 1. The van der Waals surface area contributed by atoms with Crippen molar-refractivity contribution in [2.45, 2.75) is 13.2 Å². The first kappa shape index (κ1) is 22.2.